The van der Waals surface area contributed by atoms with Crippen LogP contribution in [0.3, 0.4) is 0 Å². The fourth-order valence-electron chi connectivity index (χ4n) is 3.42. The van der Waals surface area contributed by atoms with E-state index in [-0.39, 0.29) is 11.5 Å². The third-order valence-corrected chi connectivity index (χ3v) is 4.93. The Labute approximate surface area is 142 Å². The highest BCUT2D eigenvalue weighted by molar-refractivity contribution is 5.86. The van der Waals surface area contributed by atoms with Crippen LogP contribution in [0.5, 0.6) is 0 Å². The van der Waals surface area contributed by atoms with Crippen LogP contribution < -0.4 is 5.56 Å². The van der Waals surface area contributed by atoms with Crippen LogP contribution in [0, 0.1) is 0 Å². The number of aromatic nitrogens is 1. The van der Waals surface area contributed by atoms with Gasteiger partial charge >= 0.3 is 0 Å². The van der Waals surface area contributed by atoms with Gasteiger partial charge in [0, 0.05) is 37.3 Å². The standard InChI is InChI=1S/C19H25N3O2/c1-4-9-21-10-11-22(19(2,3)18(21)24)13-15-12-14-7-5-6-8-16(14)20-17(15)23/h5-8,12H,4,9-11,13H2,1-3H3,(H,20,23). The topological polar surface area (TPSA) is 56.4 Å². The Morgan fingerprint density at radius 1 is 1.17 bits per heavy atom. The quantitative estimate of drug-likeness (QED) is 0.938. The van der Waals surface area contributed by atoms with Crippen molar-refractivity contribution < 1.29 is 4.79 Å². The van der Waals surface area contributed by atoms with Crippen molar-refractivity contribution in [2.45, 2.75) is 39.3 Å². The minimum absolute atomic E-state index is 0.0760. The minimum Gasteiger partial charge on any atom is -0.340 e. The van der Waals surface area contributed by atoms with Gasteiger partial charge in [-0.1, -0.05) is 25.1 Å². The van der Waals surface area contributed by atoms with Gasteiger partial charge in [0.2, 0.25) is 5.91 Å². The number of rotatable bonds is 4. The molecule has 2 aromatic rings. The smallest absolute Gasteiger partial charge is 0.252 e. The average molecular weight is 327 g/mol. The highest BCUT2D eigenvalue weighted by atomic mass is 16.2. The van der Waals surface area contributed by atoms with E-state index in [0.29, 0.717) is 12.1 Å². The molecule has 1 N–H and O–H groups in total. The van der Waals surface area contributed by atoms with E-state index in [1.807, 2.05) is 49.1 Å². The first kappa shape index (κ1) is 16.7. The van der Waals surface area contributed by atoms with E-state index in [2.05, 4.69) is 16.8 Å². The van der Waals surface area contributed by atoms with Crippen molar-refractivity contribution in [3.05, 3.63) is 46.2 Å². The molecule has 3 rings (SSSR count). The van der Waals surface area contributed by atoms with E-state index >= 15 is 0 Å². The van der Waals surface area contributed by atoms with E-state index < -0.39 is 5.54 Å². The third-order valence-electron chi connectivity index (χ3n) is 4.93. The van der Waals surface area contributed by atoms with E-state index in [9.17, 15) is 9.59 Å². The summed E-state index contributed by atoms with van der Waals surface area (Å²) in [6.45, 7) is 8.78. The molecule has 1 aromatic carbocycles. The number of nitrogens with zero attached hydrogens (tertiary/aromatic N) is 2. The number of piperazine rings is 1. The Kier molecular flexibility index (Phi) is 4.45. The Morgan fingerprint density at radius 3 is 2.67 bits per heavy atom. The molecule has 128 valence electrons. The largest absolute Gasteiger partial charge is 0.340 e. The van der Waals surface area contributed by atoms with Crippen molar-refractivity contribution in [1.82, 2.24) is 14.8 Å². The molecule has 0 bridgehead atoms. The molecule has 24 heavy (non-hydrogen) atoms. The number of pyridine rings is 1. The number of amides is 1. The van der Waals surface area contributed by atoms with E-state index in [1.54, 1.807) is 0 Å². The number of aromatic amines is 1. The Balaban J connectivity index is 1.87. The number of carbonyl (C=O) groups is 1. The second-order valence-corrected chi connectivity index (χ2v) is 6.98. The molecule has 0 radical (unpaired) electrons. The van der Waals surface area contributed by atoms with Gasteiger partial charge in [-0.15, -0.1) is 0 Å². The number of para-hydroxylation sites is 1. The van der Waals surface area contributed by atoms with Crippen molar-refractivity contribution in [1.29, 1.82) is 0 Å². The summed E-state index contributed by atoms with van der Waals surface area (Å²) < 4.78 is 0. The molecular formula is C19H25N3O2. The summed E-state index contributed by atoms with van der Waals surface area (Å²) in [7, 11) is 0. The molecule has 0 aliphatic carbocycles. The average Bonchev–Trinajstić information content (AvgIpc) is 2.55. The lowest BCUT2D eigenvalue weighted by molar-refractivity contribution is -0.149. The maximum Gasteiger partial charge on any atom is 0.252 e. The van der Waals surface area contributed by atoms with Crippen LogP contribution in [0.15, 0.2) is 35.1 Å². The maximum absolute atomic E-state index is 12.7. The lowest BCUT2D eigenvalue weighted by Gasteiger charge is -2.45. The van der Waals surface area contributed by atoms with Gasteiger partial charge in [0.1, 0.15) is 0 Å². The first-order chi connectivity index (χ1) is 11.4. The van der Waals surface area contributed by atoms with E-state index in [0.717, 1.165) is 37.0 Å². The van der Waals surface area contributed by atoms with Crippen LogP contribution in [0.4, 0.5) is 0 Å². The number of H-pyrrole nitrogens is 1. The predicted molar refractivity (Wildman–Crippen MR) is 95.9 cm³/mol. The summed E-state index contributed by atoms with van der Waals surface area (Å²) in [6.07, 6.45) is 0.964. The molecule has 1 aliphatic rings. The van der Waals surface area contributed by atoms with Gasteiger partial charge < -0.3 is 9.88 Å². The summed E-state index contributed by atoms with van der Waals surface area (Å²) in [5.41, 5.74) is 0.881. The molecule has 1 amide bonds. The van der Waals surface area contributed by atoms with Crippen molar-refractivity contribution in [2.75, 3.05) is 19.6 Å². The van der Waals surface area contributed by atoms with Crippen molar-refractivity contribution in [2.24, 2.45) is 0 Å². The molecule has 0 spiro atoms. The Bertz CT molecular complexity index is 810. The van der Waals surface area contributed by atoms with E-state index in [1.165, 1.54) is 0 Å². The number of hydrogen-bond acceptors (Lipinski definition) is 3. The van der Waals surface area contributed by atoms with Crippen molar-refractivity contribution in [3.63, 3.8) is 0 Å². The van der Waals surface area contributed by atoms with Gasteiger partial charge in [0.25, 0.3) is 5.56 Å². The molecule has 2 heterocycles. The molecule has 0 unspecified atom stereocenters. The predicted octanol–water partition coefficient (Wildman–Crippen LogP) is 2.36. The second-order valence-electron chi connectivity index (χ2n) is 6.98. The van der Waals surface area contributed by atoms with Gasteiger partial charge in [-0.3, -0.25) is 14.5 Å². The summed E-state index contributed by atoms with van der Waals surface area (Å²) in [5, 5.41) is 1.01. The number of carbonyl (C=O) groups excluding carboxylic acids is 1. The molecule has 0 atom stereocenters. The SMILES string of the molecule is CCCN1CCN(Cc2cc3ccccc3[nH]c2=O)C(C)(C)C1=O. The Morgan fingerprint density at radius 2 is 1.92 bits per heavy atom. The van der Waals surface area contributed by atoms with Crippen LogP contribution in [0.2, 0.25) is 0 Å². The molecule has 1 aliphatic heterocycles. The third kappa shape index (κ3) is 2.96. The lowest BCUT2D eigenvalue weighted by atomic mass is 9.96. The minimum atomic E-state index is -0.592. The number of benzene rings is 1. The highest BCUT2D eigenvalue weighted by Crippen LogP contribution is 2.24. The first-order valence-corrected chi connectivity index (χ1v) is 8.59. The number of hydrogen-bond donors (Lipinski definition) is 1. The van der Waals surface area contributed by atoms with Gasteiger partial charge in [-0.25, -0.2) is 0 Å². The van der Waals surface area contributed by atoms with Crippen LogP contribution >= 0.6 is 0 Å². The second kappa shape index (κ2) is 6.40. The van der Waals surface area contributed by atoms with Crippen LogP contribution in [-0.2, 0) is 11.3 Å². The zero-order valence-corrected chi connectivity index (χ0v) is 14.6. The maximum atomic E-state index is 12.7. The van der Waals surface area contributed by atoms with Crippen LogP contribution in [-0.4, -0.2) is 45.9 Å². The Hall–Kier alpha value is -2.14. The molecule has 1 aromatic heterocycles. The summed E-state index contributed by atoms with van der Waals surface area (Å²) in [5.74, 6) is 0.146. The highest BCUT2D eigenvalue weighted by Gasteiger charge is 2.41. The van der Waals surface area contributed by atoms with Gasteiger partial charge in [-0.05, 0) is 37.8 Å². The number of nitrogens with one attached hydrogen (secondary N) is 1. The first-order valence-electron chi connectivity index (χ1n) is 8.59. The lowest BCUT2D eigenvalue weighted by Crippen LogP contribution is -2.62. The molecule has 0 saturated carbocycles. The van der Waals surface area contributed by atoms with Gasteiger partial charge in [0.15, 0.2) is 0 Å². The van der Waals surface area contributed by atoms with Gasteiger partial charge in [-0.2, -0.15) is 0 Å². The fraction of sp³-hybridized carbons (Fsp3) is 0.474. The number of fused-ring (bicyclic) bond motifs is 1. The monoisotopic (exact) mass is 327 g/mol. The van der Waals surface area contributed by atoms with Crippen LogP contribution in [0.25, 0.3) is 10.9 Å². The van der Waals surface area contributed by atoms with Gasteiger partial charge in [0.05, 0.1) is 5.54 Å². The summed E-state index contributed by atoms with van der Waals surface area (Å²) in [4.78, 5) is 32.1. The zero-order valence-electron chi connectivity index (χ0n) is 14.6. The zero-order chi connectivity index (χ0) is 17.3. The molecule has 1 saturated heterocycles. The summed E-state index contributed by atoms with van der Waals surface area (Å²) >= 11 is 0. The van der Waals surface area contributed by atoms with E-state index in [4.69, 9.17) is 0 Å². The molecule has 5 nitrogen and oxygen atoms in total. The molecular weight excluding hydrogens is 302 g/mol. The molecule has 1 fully saturated rings. The normalized spacial score (nSPS) is 18.3. The van der Waals surface area contributed by atoms with Crippen LogP contribution in [0.1, 0.15) is 32.8 Å². The molecule has 5 heteroatoms. The van der Waals surface area contributed by atoms with Crippen molar-refractivity contribution in [3.8, 4) is 0 Å². The van der Waals surface area contributed by atoms with Crippen molar-refractivity contribution >= 4 is 16.8 Å². The fourth-order valence-corrected chi connectivity index (χ4v) is 3.42. The summed E-state index contributed by atoms with van der Waals surface area (Å²) in [6, 6.07) is 9.70.